The monoisotopic (exact) mass is 240 g/mol. The SMILES string of the molecule is CC(C)CS(=O)(=O)c1ccc(C(C)C)cc1. The number of benzene rings is 1. The van der Waals surface area contributed by atoms with Gasteiger partial charge >= 0.3 is 0 Å². The summed E-state index contributed by atoms with van der Waals surface area (Å²) in [6.45, 7) is 8.02. The average molecular weight is 240 g/mol. The van der Waals surface area contributed by atoms with E-state index in [2.05, 4.69) is 13.8 Å². The molecule has 0 aromatic heterocycles. The summed E-state index contributed by atoms with van der Waals surface area (Å²) in [6, 6.07) is 7.23. The second-order valence-electron chi connectivity index (χ2n) is 4.90. The summed E-state index contributed by atoms with van der Waals surface area (Å²) in [5.74, 6) is 0.810. The van der Waals surface area contributed by atoms with Gasteiger partial charge in [0.15, 0.2) is 9.84 Å². The summed E-state index contributed by atoms with van der Waals surface area (Å²) in [7, 11) is -3.10. The Morgan fingerprint density at radius 2 is 1.50 bits per heavy atom. The molecule has 0 bridgehead atoms. The van der Waals surface area contributed by atoms with Crippen LogP contribution in [0.2, 0.25) is 0 Å². The number of sulfone groups is 1. The molecule has 3 heteroatoms. The molecule has 0 aliphatic rings. The molecule has 0 atom stereocenters. The first kappa shape index (κ1) is 13.2. The van der Waals surface area contributed by atoms with Crippen LogP contribution in [0.1, 0.15) is 39.2 Å². The lowest BCUT2D eigenvalue weighted by molar-refractivity contribution is 0.582. The quantitative estimate of drug-likeness (QED) is 0.809. The van der Waals surface area contributed by atoms with Gasteiger partial charge in [-0.1, -0.05) is 39.8 Å². The summed E-state index contributed by atoms with van der Waals surface area (Å²) in [5, 5.41) is 0. The Bertz CT molecular complexity index is 428. The van der Waals surface area contributed by atoms with Crippen LogP contribution in [0, 0.1) is 5.92 Å². The molecule has 1 aromatic rings. The maximum absolute atomic E-state index is 11.9. The zero-order valence-corrected chi connectivity index (χ0v) is 11.2. The molecule has 0 amide bonds. The van der Waals surface area contributed by atoms with Gasteiger partial charge in [-0.25, -0.2) is 8.42 Å². The van der Waals surface area contributed by atoms with Gasteiger partial charge in [-0.05, 0) is 29.5 Å². The Morgan fingerprint density at radius 1 is 1.00 bits per heavy atom. The highest BCUT2D eigenvalue weighted by Crippen LogP contribution is 2.19. The number of hydrogen-bond donors (Lipinski definition) is 0. The second kappa shape index (κ2) is 5.00. The van der Waals surface area contributed by atoms with Crippen molar-refractivity contribution in [2.45, 2.75) is 38.5 Å². The normalized spacial score (nSPS) is 12.4. The summed E-state index contributed by atoms with van der Waals surface area (Å²) >= 11 is 0. The lowest BCUT2D eigenvalue weighted by atomic mass is 10.0. The standard InChI is InChI=1S/C13H20O2S/c1-10(2)9-16(14,15)13-7-5-12(6-8-13)11(3)4/h5-8,10-11H,9H2,1-4H3. The zero-order chi connectivity index (χ0) is 12.3. The fourth-order valence-electron chi connectivity index (χ4n) is 1.60. The van der Waals surface area contributed by atoms with E-state index in [0.717, 1.165) is 0 Å². The molecule has 0 saturated carbocycles. The van der Waals surface area contributed by atoms with E-state index in [1.165, 1.54) is 5.56 Å². The molecule has 0 radical (unpaired) electrons. The first-order chi connectivity index (χ1) is 7.33. The minimum Gasteiger partial charge on any atom is -0.224 e. The Morgan fingerprint density at radius 3 is 1.88 bits per heavy atom. The van der Waals surface area contributed by atoms with Crippen molar-refractivity contribution in [2.75, 3.05) is 5.75 Å². The van der Waals surface area contributed by atoms with E-state index in [1.54, 1.807) is 12.1 Å². The van der Waals surface area contributed by atoms with Gasteiger partial charge in [0.05, 0.1) is 10.6 Å². The molecule has 1 rings (SSSR count). The molecule has 0 fully saturated rings. The predicted molar refractivity (Wildman–Crippen MR) is 67.4 cm³/mol. The molecule has 0 saturated heterocycles. The van der Waals surface area contributed by atoms with Crippen LogP contribution >= 0.6 is 0 Å². The summed E-state index contributed by atoms with van der Waals surface area (Å²) in [6.07, 6.45) is 0. The van der Waals surface area contributed by atoms with Crippen LogP contribution in [0.5, 0.6) is 0 Å². The summed E-state index contributed by atoms with van der Waals surface area (Å²) in [5.41, 5.74) is 1.17. The minimum absolute atomic E-state index is 0.162. The highest BCUT2D eigenvalue weighted by molar-refractivity contribution is 7.91. The van der Waals surface area contributed by atoms with Crippen molar-refractivity contribution in [3.63, 3.8) is 0 Å². The van der Waals surface area contributed by atoms with Crippen molar-refractivity contribution >= 4 is 9.84 Å². The fourth-order valence-corrected chi connectivity index (χ4v) is 3.22. The first-order valence-electron chi connectivity index (χ1n) is 5.65. The van der Waals surface area contributed by atoms with Crippen LogP contribution in [0.15, 0.2) is 29.2 Å². The highest BCUT2D eigenvalue weighted by atomic mass is 32.2. The largest absolute Gasteiger partial charge is 0.224 e. The molecular weight excluding hydrogens is 220 g/mol. The topological polar surface area (TPSA) is 34.1 Å². The van der Waals surface area contributed by atoms with Gasteiger partial charge in [-0.3, -0.25) is 0 Å². The third-order valence-corrected chi connectivity index (χ3v) is 4.55. The highest BCUT2D eigenvalue weighted by Gasteiger charge is 2.16. The van der Waals surface area contributed by atoms with Gasteiger partial charge < -0.3 is 0 Å². The zero-order valence-electron chi connectivity index (χ0n) is 10.4. The van der Waals surface area contributed by atoms with E-state index < -0.39 is 9.84 Å². The van der Waals surface area contributed by atoms with Crippen LogP contribution in [-0.4, -0.2) is 14.2 Å². The molecule has 90 valence electrons. The first-order valence-corrected chi connectivity index (χ1v) is 7.31. The van der Waals surface area contributed by atoms with E-state index in [4.69, 9.17) is 0 Å². The molecule has 0 N–H and O–H groups in total. The van der Waals surface area contributed by atoms with Crippen LogP contribution in [0.4, 0.5) is 0 Å². The molecule has 0 aliphatic carbocycles. The molecule has 16 heavy (non-hydrogen) atoms. The lowest BCUT2D eigenvalue weighted by Crippen LogP contribution is -2.11. The van der Waals surface area contributed by atoms with Crippen molar-refractivity contribution < 1.29 is 8.42 Å². The van der Waals surface area contributed by atoms with Crippen molar-refractivity contribution in [2.24, 2.45) is 5.92 Å². The molecular formula is C13H20O2S. The molecule has 0 aliphatic heterocycles. The van der Waals surface area contributed by atoms with Gasteiger partial charge in [-0.15, -0.1) is 0 Å². The van der Waals surface area contributed by atoms with E-state index >= 15 is 0 Å². The smallest absolute Gasteiger partial charge is 0.178 e. The van der Waals surface area contributed by atoms with E-state index in [0.29, 0.717) is 10.8 Å². The van der Waals surface area contributed by atoms with E-state index in [-0.39, 0.29) is 11.7 Å². The van der Waals surface area contributed by atoms with Crippen LogP contribution in [0.25, 0.3) is 0 Å². The minimum atomic E-state index is -3.10. The van der Waals surface area contributed by atoms with Crippen molar-refractivity contribution in [1.29, 1.82) is 0 Å². The van der Waals surface area contributed by atoms with Crippen molar-refractivity contribution in [3.8, 4) is 0 Å². The van der Waals surface area contributed by atoms with Crippen LogP contribution in [-0.2, 0) is 9.84 Å². The van der Waals surface area contributed by atoms with Crippen LogP contribution in [0.3, 0.4) is 0 Å². The molecule has 1 aromatic carbocycles. The Balaban J connectivity index is 2.98. The van der Waals surface area contributed by atoms with Crippen molar-refractivity contribution in [1.82, 2.24) is 0 Å². The van der Waals surface area contributed by atoms with Gasteiger partial charge in [0.25, 0.3) is 0 Å². The maximum atomic E-state index is 11.9. The second-order valence-corrected chi connectivity index (χ2v) is 6.93. The van der Waals surface area contributed by atoms with Gasteiger partial charge in [-0.2, -0.15) is 0 Å². The van der Waals surface area contributed by atoms with Gasteiger partial charge in [0.2, 0.25) is 0 Å². The Labute approximate surface area is 98.6 Å². The summed E-state index contributed by atoms with van der Waals surface area (Å²) in [4.78, 5) is 0.436. The lowest BCUT2D eigenvalue weighted by Gasteiger charge is -2.09. The number of hydrogen-bond acceptors (Lipinski definition) is 2. The van der Waals surface area contributed by atoms with Crippen LogP contribution < -0.4 is 0 Å². The Kier molecular flexibility index (Phi) is 4.14. The average Bonchev–Trinajstić information content (AvgIpc) is 2.16. The Hall–Kier alpha value is -0.830. The molecule has 0 unspecified atom stereocenters. The maximum Gasteiger partial charge on any atom is 0.178 e. The van der Waals surface area contributed by atoms with Gasteiger partial charge in [0, 0.05) is 0 Å². The predicted octanol–water partition coefficient (Wildman–Crippen LogP) is 3.24. The fraction of sp³-hybridized carbons (Fsp3) is 0.538. The number of rotatable bonds is 4. The third-order valence-electron chi connectivity index (χ3n) is 2.46. The van der Waals surface area contributed by atoms with Crippen molar-refractivity contribution in [3.05, 3.63) is 29.8 Å². The molecule has 0 spiro atoms. The third kappa shape index (κ3) is 3.34. The van der Waals surface area contributed by atoms with E-state index in [1.807, 2.05) is 26.0 Å². The summed E-state index contributed by atoms with van der Waals surface area (Å²) < 4.78 is 23.8. The van der Waals surface area contributed by atoms with E-state index in [9.17, 15) is 8.42 Å². The molecule has 0 heterocycles. The molecule has 2 nitrogen and oxygen atoms in total. The van der Waals surface area contributed by atoms with Gasteiger partial charge in [0.1, 0.15) is 0 Å².